The Morgan fingerprint density at radius 3 is 2.50 bits per heavy atom. The van der Waals surface area contributed by atoms with Gasteiger partial charge in [-0.25, -0.2) is 18.4 Å². The highest BCUT2D eigenvalue weighted by atomic mass is 35.5. The third-order valence-corrected chi connectivity index (χ3v) is 2.46. The van der Waals surface area contributed by atoms with Crippen LogP contribution in [0.2, 0.25) is 5.02 Å². The van der Waals surface area contributed by atoms with Crippen LogP contribution in [0.15, 0.2) is 11.4 Å². The lowest BCUT2D eigenvalue weighted by Gasteiger charge is -1.98. The zero-order chi connectivity index (χ0) is 9.35. The molecule has 1 rings (SSSR count). The highest BCUT2D eigenvalue weighted by molar-refractivity contribution is 7.90. The van der Waals surface area contributed by atoms with Crippen molar-refractivity contribution in [2.45, 2.75) is 12.1 Å². The Morgan fingerprint density at radius 1 is 1.50 bits per heavy atom. The van der Waals surface area contributed by atoms with Crippen molar-refractivity contribution in [2.24, 2.45) is 0 Å². The first-order chi connectivity index (χ1) is 5.41. The summed E-state index contributed by atoms with van der Waals surface area (Å²) in [6.07, 6.45) is 2.33. The number of halogens is 1. The molecule has 0 saturated heterocycles. The van der Waals surface area contributed by atoms with E-state index >= 15 is 0 Å². The van der Waals surface area contributed by atoms with E-state index < -0.39 is 9.84 Å². The monoisotopic (exact) mass is 206 g/mol. The Hall–Kier alpha value is -0.680. The van der Waals surface area contributed by atoms with Crippen LogP contribution >= 0.6 is 11.6 Å². The van der Waals surface area contributed by atoms with Gasteiger partial charge in [0.2, 0.25) is 15.0 Å². The molecule has 66 valence electrons. The van der Waals surface area contributed by atoms with Crippen LogP contribution < -0.4 is 0 Å². The lowest BCUT2D eigenvalue weighted by atomic mass is 10.5. The second kappa shape index (κ2) is 2.99. The van der Waals surface area contributed by atoms with Gasteiger partial charge in [0.1, 0.15) is 0 Å². The SMILES string of the molecule is Cc1nc(S(C)(=O)=O)ncc1Cl. The summed E-state index contributed by atoms with van der Waals surface area (Å²) in [4.78, 5) is 7.29. The number of aromatic nitrogens is 2. The summed E-state index contributed by atoms with van der Waals surface area (Å²) in [5.74, 6) is 0. The molecular weight excluding hydrogens is 200 g/mol. The maximum absolute atomic E-state index is 10.9. The van der Waals surface area contributed by atoms with Gasteiger partial charge in [0.15, 0.2) is 0 Å². The fraction of sp³-hybridized carbons (Fsp3) is 0.333. The van der Waals surface area contributed by atoms with Crippen LogP contribution in [-0.4, -0.2) is 24.6 Å². The molecule has 4 nitrogen and oxygen atoms in total. The molecule has 0 saturated carbocycles. The lowest BCUT2D eigenvalue weighted by molar-refractivity contribution is 0.592. The molecule has 1 aromatic heterocycles. The van der Waals surface area contributed by atoms with Gasteiger partial charge in [-0.3, -0.25) is 0 Å². The molecular formula is C6H7ClN2O2S. The molecule has 0 N–H and O–H groups in total. The van der Waals surface area contributed by atoms with E-state index in [1.54, 1.807) is 6.92 Å². The van der Waals surface area contributed by atoms with Crippen molar-refractivity contribution in [3.63, 3.8) is 0 Å². The third kappa shape index (κ3) is 1.92. The van der Waals surface area contributed by atoms with Crippen LogP contribution in [0.5, 0.6) is 0 Å². The van der Waals surface area contributed by atoms with Gasteiger partial charge in [-0.05, 0) is 6.92 Å². The van der Waals surface area contributed by atoms with Gasteiger partial charge in [0.25, 0.3) is 0 Å². The predicted octanol–water partition coefficient (Wildman–Crippen LogP) is 0.842. The van der Waals surface area contributed by atoms with Crippen molar-refractivity contribution < 1.29 is 8.42 Å². The minimum atomic E-state index is -3.32. The Balaban J connectivity index is 3.33. The molecule has 0 atom stereocenters. The van der Waals surface area contributed by atoms with Gasteiger partial charge < -0.3 is 0 Å². The van der Waals surface area contributed by atoms with Gasteiger partial charge in [-0.2, -0.15) is 0 Å². The maximum atomic E-state index is 10.9. The molecule has 0 amide bonds. The molecule has 0 fully saturated rings. The maximum Gasteiger partial charge on any atom is 0.247 e. The standard InChI is InChI=1S/C6H7ClN2O2S/c1-4-5(7)3-8-6(9-4)12(2,10)11/h3H,1-2H3. The Bertz CT molecular complexity index is 402. The number of aryl methyl sites for hydroxylation is 1. The Labute approximate surface area is 75.5 Å². The van der Waals surface area contributed by atoms with Crippen molar-refractivity contribution >= 4 is 21.4 Å². The molecule has 1 aromatic rings. The Kier molecular flexibility index (Phi) is 2.34. The topological polar surface area (TPSA) is 59.9 Å². The molecule has 0 unspecified atom stereocenters. The van der Waals surface area contributed by atoms with Gasteiger partial charge in [0.05, 0.1) is 16.9 Å². The minimum absolute atomic E-state index is 0.190. The summed E-state index contributed by atoms with van der Waals surface area (Å²) in [5.41, 5.74) is 0.465. The molecule has 0 aliphatic carbocycles. The second-order valence-electron chi connectivity index (χ2n) is 2.36. The molecule has 1 heterocycles. The first-order valence-corrected chi connectivity index (χ1v) is 5.37. The van der Waals surface area contributed by atoms with Crippen molar-refractivity contribution in [2.75, 3.05) is 6.26 Å². The normalized spacial score (nSPS) is 11.6. The van der Waals surface area contributed by atoms with Crippen molar-refractivity contribution in [1.29, 1.82) is 0 Å². The van der Waals surface area contributed by atoms with E-state index in [0.29, 0.717) is 10.7 Å². The minimum Gasteiger partial charge on any atom is -0.225 e. The number of nitrogens with zero attached hydrogens (tertiary/aromatic N) is 2. The molecule has 0 aliphatic rings. The summed E-state index contributed by atoms with van der Waals surface area (Å²) in [6.45, 7) is 1.62. The Morgan fingerprint density at radius 2 is 2.08 bits per heavy atom. The first kappa shape index (κ1) is 9.41. The zero-order valence-electron chi connectivity index (χ0n) is 6.57. The van der Waals surface area contributed by atoms with E-state index in [0.717, 1.165) is 6.26 Å². The summed E-state index contributed by atoms with van der Waals surface area (Å²) in [5, 5.41) is 0.173. The summed E-state index contributed by atoms with van der Waals surface area (Å²) < 4.78 is 21.9. The quantitative estimate of drug-likeness (QED) is 0.639. The van der Waals surface area contributed by atoms with Crippen molar-refractivity contribution in [3.05, 3.63) is 16.9 Å². The highest BCUT2D eigenvalue weighted by Crippen LogP contribution is 2.12. The highest BCUT2D eigenvalue weighted by Gasteiger charge is 2.11. The van der Waals surface area contributed by atoms with Crippen LogP contribution in [0.25, 0.3) is 0 Å². The molecule has 12 heavy (non-hydrogen) atoms. The van der Waals surface area contributed by atoms with E-state index in [2.05, 4.69) is 9.97 Å². The smallest absolute Gasteiger partial charge is 0.225 e. The predicted molar refractivity (Wildman–Crippen MR) is 44.9 cm³/mol. The lowest BCUT2D eigenvalue weighted by Crippen LogP contribution is -2.04. The van der Waals surface area contributed by atoms with Gasteiger partial charge in [-0.15, -0.1) is 0 Å². The second-order valence-corrected chi connectivity index (χ2v) is 4.67. The number of rotatable bonds is 1. The average Bonchev–Trinajstić information content (AvgIpc) is 1.92. The summed E-state index contributed by atoms with van der Waals surface area (Å²) in [7, 11) is -3.32. The van der Waals surface area contributed by atoms with Crippen LogP contribution in [0.3, 0.4) is 0 Å². The van der Waals surface area contributed by atoms with Crippen LogP contribution in [0, 0.1) is 6.92 Å². The molecule has 6 heteroatoms. The van der Waals surface area contributed by atoms with E-state index in [4.69, 9.17) is 11.6 Å². The first-order valence-electron chi connectivity index (χ1n) is 3.10. The van der Waals surface area contributed by atoms with Crippen molar-refractivity contribution in [1.82, 2.24) is 9.97 Å². The average molecular weight is 207 g/mol. The van der Waals surface area contributed by atoms with E-state index in [1.807, 2.05) is 0 Å². The molecule has 0 radical (unpaired) electrons. The zero-order valence-corrected chi connectivity index (χ0v) is 8.15. The van der Waals surface area contributed by atoms with E-state index in [1.165, 1.54) is 6.20 Å². The molecule has 0 aliphatic heterocycles. The van der Waals surface area contributed by atoms with Crippen LogP contribution in [0.1, 0.15) is 5.69 Å². The number of sulfone groups is 1. The third-order valence-electron chi connectivity index (χ3n) is 1.23. The van der Waals surface area contributed by atoms with Gasteiger partial charge in [0, 0.05) is 6.26 Å². The van der Waals surface area contributed by atoms with E-state index in [9.17, 15) is 8.42 Å². The summed E-state index contributed by atoms with van der Waals surface area (Å²) in [6, 6.07) is 0. The molecule has 0 bridgehead atoms. The largest absolute Gasteiger partial charge is 0.247 e. The number of hydrogen-bond acceptors (Lipinski definition) is 4. The fourth-order valence-corrected chi connectivity index (χ4v) is 1.25. The van der Waals surface area contributed by atoms with Crippen LogP contribution in [0.4, 0.5) is 0 Å². The van der Waals surface area contributed by atoms with Gasteiger partial charge >= 0.3 is 0 Å². The van der Waals surface area contributed by atoms with Gasteiger partial charge in [-0.1, -0.05) is 11.6 Å². The fourth-order valence-electron chi connectivity index (χ4n) is 0.610. The van der Waals surface area contributed by atoms with Crippen LogP contribution in [-0.2, 0) is 9.84 Å². The summed E-state index contributed by atoms with van der Waals surface area (Å²) >= 11 is 5.61. The molecule has 0 aromatic carbocycles. The van der Waals surface area contributed by atoms with Crippen molar-refractivity contribution in [3.8, 4) is 0 Å². The number of hydrogen-bond donors (Lipinski definition) is 0. The van der Waals surface area contributed by atoms with E-state index in [-0.39, 0.29) is 5.16 Å². The molecule has 0 spiro atoms.